The van der Waals surface area contributed by atoms with Crippen LogP contribution in [0.15, 0.2) is 174 Å². The lowest BCUT2D eigenvalue weighted by molar-refractivity contribution is 0.669. The Bertz CT molecular complexity index is 2460. The van der Waals surface area contributed by atoms with Gasteiger partial charge in [-0.2, -0.15) is 0 Å². The van der Waals surface area contributed by atoms with Crippen LogP contribution in [0.3, 0.4) is 0 Å². The summed E-state index contributed by atoms with van der Waals surface area (Å²) in [5.41, 5.74) is 11.7. The van der Waals surface area contributed by atoms with Crippen molar-refractivity contribution in [1.82, 2.24) is 0 Å². The molecule has 9 rings (SSSR count). The van der Waals surface area contributed by atoms with Crippen molar-refractivity contribution in [2.75, 3.05) is 0 Å². The van der Waals surface area contributed by atoms with Crippen LogP contribution in [0.1, 0.15) is 0 Å². The molecule has 8 aromatic carbocycles. The number of hydrogen-bond acceptors (Lipinski definition) is 1. The Kier molecular flexibility index (Phi) is 5.89. The first-order chi connectivity index (χ1) is 22.3. The van der Waals surface area contributed by atoms with Crippen molar-refractivity contribution < 1.29 is 4.42 Å². The minimum atomic E-state index is 0.916. The zero-order valence-corrected chi connectivity index (χ0v) is 24.6. The third-order valence-electron chi connectivity index (χ3n) is 9.07. The normalized spacial score (nSPS) is 11.6. The Hall–Kier alpha value is -5.92. The van der Waals surface area contributed by atoms with Crippen molar-refractivity contribution in [3.05, 3.63) is 170 Å². The average Bonchev–Trinajstić information content (AvgIpc) is 3.49. The summed E-state index contributed by atoms with van der Waals surface area (Å²) < 4.78 is 6.17. The molecular formula is C44H28O. The maximum Gasteiger partial charge on any atom is 0.135 e. The molecular weight excluding hydrogens is 544 g/mol. The molecule has 210 valence electrons. The number of hydrogen-bond donors (Lipinski definition) is 0. The lowest BCUT2D eigenvalue weighted by Gasteiger charge is -2.18. The fourth-order valence-electron chi connectivity index (χ4n) is 6.97. The van der Waals surface area contributed by atoms with E-state index in [0.717, 1.165) is 21.9 Å². The van der Waals surface area contributed by atoms with E-state index in [1.54, 1.807) is 0 Å². The lowest BCUT2D eigenvalue weighted by Crippen LogP contribution is -1.91. The van der Waals surface area contributed by atoms with Crippen LogP contribution in [-0.4, -0.2) is 0 Å². The second-order valence-corrected chi connectivity index (χ2v) is 11.7. The number of fused-ring (bicyclic) bond motifs is 5. The van der Waals surface area contributed by atoms with Crippen LogP contribution in [0, 0.1) is 0 Å². The van der Waals surface area contributed by atoms with Gasteiger partial charge in [-0.1, -0.05) is 146 Å². The van der Waals surface area contributed by atoms with Crippen LogP contribution >= 0.6 is 0 Å². The van der Waals surface area contributed by atoms with Crippen molar-refractivity contribution in [3.8, 4) is 44.5 Å². The number of rotatable bonds is 4. The van der Waals surface area contributed by atoms with Crippen LogP contribution in [0.5, 0.6) is 0 Å². The lowest BCUT2D eigenvalue weighted by atomic mass is 9.85. The Morgan fingerprint density at radius 2 is 0.689 bits per heavy atom. The van der Waals surface area contributed by atoms with Gasteiger partial charge in [0.05, 0.1) is 0 Å². The van der Waals surface area contributed by atoms with Crippen molar-refractivity contribution in [3.63, 3.8) is 0 Å². The fraction of sp³-hybridized carbons (Fsp3) is 0. The maximum absolute atomic E-state index is 6.17. The first-order valence-corrected chi connectivity index (χ1v) is 15.4. The largest absolute Gasteiger partial charge is 0.456 e. The van der Waals surface area contributed by atoms with E-state index in [0.29, 0.717) is 0 Å². The van der Waals surface area contributed by atoms with Gasteiger partial charge in [0, 0.05) is 10.8 Å². The second kappa shape index (κ2) is 10.4. The van der Waals surface area contributed by atoms with E-state index >= 15 is 0 Å². The van der Waals surface area contributed by atoms with E-state index in [1.165, 1.54) is 66.1 Å². The van der Waals surface area contributed by atoms with Gasteiger partial charge in [-0.05, 0) is 90.3 Å². The Morgan fingerprint density at radius 3 is 1.33 bits per heavy atom. The van der Waals surface area contributed by atoms with Gasteiger partial charge in [0.2, 0.25) is 0 Å². The van der Waals surface area contributed by atoms with Gasteiger partial charge in [0.1, 0.15) is 11.2 Å². The molecule has 1 heteroatoms. The number of furan rings is 1. The molecule has 0 aliphatic carbocycles. The monoisotopic (exact) mass is 572 g/mol. The van der Waals surface area contributed by atoms with Gasteiger partial charge < -0.3 is 4.42 Å². The molecule has 0 unspecified atom stereocenters. The van der Waals surface area contributed by atoms with Crippen LogP contribution in [0.4, 0.5) is 0 Å². The van der Waals surface area contributed by atoms with Gasteiger partial charge in [0.25, 0.3) is 0 Å². The van der Waals surface area contributed by atoms with Crippen molar-refractivity contribution in [2.45, 2.75) is 0 Å². The SMILES string of the molecule is c1ccc(-c2cccc(-c3ccc(-c4c5ccccc5c(-c5ccc6oc7ccccc7c6c5)c5ccccc45)cc3)c2)cc1. The molecule has 0 aliphatic heterocycles. The van der Waals surface area contributed by atoms with Crippen LogP contribution in [0.25, 0.3) is 88.0 Å². The highest BCUT2D eigenvalue weighted by molar-refractivity contribution is 6.22. The summed E-state index contributed by atoms with van der Waals surface area (Å²) >= 11 is 0. The smallest absolute Gasteiger partial charge is 0.135 e. The van der Waals surface area contributed by atoms with E-state index in [-0.39, 0.29) is 0 Å². The molecule has 0 atom stereocenters. The second-order valence-electron chi connectivity index (χ2n) is 11.7. The van der Waals surface area contributed by atoms with Crippen molar-refractivity contribution in [2.24, 2.45) is 0 Å². The van der Waals surface area contributed by atoms with Crippen molar-refractivity contribution >= 4 is 43.5 Å². The summed E-state index contributed by atoms with van der Waals surface area (Å²) in [4.78, 5) is 0. The molecule has 0 aliphatic rings. The first-order valence-electron chi connectivity index (χ1n) is 15.4. The van der Waals surface area contributed by atoms with E-state index < -0.39 is 0 Å². The first kappa shape index (κ1) is 25.6. The summed E-state index contributed by atoms with van der Waals surface area (Å²) in [6.07, 6.45) is 0. The van der Waals surface area contributed by atoms with Crippen LogP contribution in [-0.2, 0) is 0 Å². The number of para-hydroxylation sites is 1. The summed E-state index contributed by atoms with van der Waals surface area (Å²) in [6.45, 7) is 0. The number of benzene rings is 8. The van der Waals surface area contributed by atoms with Crippen LogP contribution < -0.4 is 0 Å². The topological polar surface area (TPSA) is 13.1 Å². The Labute approximate surface area is 261 Å². The summed E-state index contributed by atoms with van der Waals surface area (Å²) in [7, 11) is 0. The van der Waals surface area contributed by atoms with E-state index in [9.17, 15) is 0 Å². The molecule has 0 fully saturated rings. The summed E-state index contributed by atoms with van der Waals surface area (Å²) in [6, 6.07) is 61.0. The minimum Gasteiger partial charge on any atom is -0.456 e. The molecule has 0 saturated heterocycles. The molecule has 45 heavy (non-hydrogen) atoms. The zero-order chi connectivity index (χ0) is 29.7. The maximum atomic E-state index is 6.17. The molecule has 0 amide bonds. The molecule has 0 spiro atoms. The van der Waals surface area contributed by atoms with E-state index in [4.69, 9.17) is 4.42 Å². The predicted octanol–water partition coefficient (Wildman–Crippen LogP) is 12.6. The van der Waals surface area contributed by atoms with Gasteiger partial charge in [-0.25, -0.2) is 0 Å². The molecule has 9 aromatic rings. The van der Waals surface area contributed by atoms with Gasteiger partial charge in [0.15, 0.2) is 0 Å². The van der Waals surface area contributed by atoms with Crippen LogP contribution in [0.2, 0.25) is 0 Å². The molecule has 0 bridgehead atoms. The van der Waals surface area contributed by atoms with E-state index in [2.05, 4.69) is 158 Å². The molecule has 1 nitrogen and oxygen atoms in total. The third-order valence-corrected chi connectivity index (χ3v) is 9.07. The third kappa shape index (κ3) is 4.24. The van der Waals surface area contributed by atoms with Gasteiger partial charge in [-0.15, -0.1) is 0 Å². The highest BCUT2D eigenvalue weighted by atomic mass is 16.3. The van der Waals surface area contributed by atoms with Gasteiger partial charge >= 0.3 is 0 Å². The summed E-state index contributed by atoms with van der Waals surface area (Å²) in [5, 5.41) is 7.29. The standard InChI is InChI=1S/C44H28O/c1-2-11-29(12-3-1)32-13-10-14-33(27-32)30-21-23-31(24-22-30)43-36-16-4-6-18-38(36)44(39-19-7-5-17-37(39)43)34-25-26-42-40(28-34)35-15-8-9-20-41(35)45-42/h1-28H. The summed E-state index contributed by atoms with van der Waals surface area (Å²) in [5.74, 6) is 0. The highest BCUT2D eigenvalue weighted by Gasteiger charge is 2.18. The molecule has 0 radical (unpaired) electrons. The van der Waals surface area contributed by atoms with E-state index in [1.807, 2.05) is 12.1 Å². The Morgan fingerprint density at radius 1 is 0.244 bits per heavy atom. The quantitative estimate of drug-likeness (QED) is 0.191. The molecule has 0 saturated carbocycles. The molecule has 0 N–H and O–H groups in total. The van der Waals surface area contributed by atoms with Gasteiger partial charge in [-0.3, -0.25) is 0 Å². The minimum absolute atomic E-state index is 0.916. The fourth-order valence-corrected chi connectivity index (χ4v) is 6.97. The molecule has 1 heterocycles. The predicted molar refractivity (Wildman–Crippen MR) is 190 cm³/mol. The molecule has 1 aromatic heterocycles. The van der Waals surface area contributed by atoms with Crippen molar-refractivity contribution in [1.29, 1.82) is 0 Å². The highest BCUT2D eigenvalue weighted by Crippen LogP contribution is 2.45. The average molecular weight is 573 g/mol. The zero-order valence-electron chi connectivity index (χ0n) is 24.6. The Balaban J connectivity index is 1.21.